The van der Waals surface area contributed by atoms with Crippen molar-refractivity contribution in [2.75, 3.05) is 19.6 Å². The minimum Gasteiger partial charge on any atom is -0.311 e. The summed E-state index contributed by atoms with van der Waals surface area (Å²) in [6.07, 6.45) is 8.60. The zero-order valence-electron chi connectivity index (χ0n) is 54.6. The third-order valence-corrected chi connectivity index (χ3v) is 18.6. The molecule has 6 heteroatoms. The Morgan fingerprint density at radius 3 is 1.01 bits per heavy atom. The summed E-state index contributed by atoms with van der Waals surface area (Å²) < 4.78 is 0. The highest BCUT2D eigenvalue weighted by atomic mass is 15.2. The molecule has 0 fully saturated rings. The van der Waals surface area contributed by atoms with Crippen molar-refractivity contribution in [1.82, 2.24) is 0 Å². The lowest BCUT2D eigenvalue weighted by molar-refractivity contribution is 1.28. The Hall–Kier alpha value is -13.8. The molecule has 16 aromatic rings. The van der Waals surface area contributed by atoms with Gasteiger partial charge in [0.25, 0.3) is 0 Å². The van der Waals surface area contributed by atoms with E-state index in [9.17, 15) is 10.5 Å². The molecule has 0 spiro atoms. The highest BCUT2D eigenvalue weighted by Crippen LogP contribution is 2.49. The van der Waals surface area contributed by atoms with Gasteiger partial charge in [-0.2, -0.15) is 10.5 Å². The lowest BCUT2D eigenvalue weighted by Crippen LogP contribution is -2.11. The van der Waals surface area contributed by atoms with Crippen LogP contribution in [0.1, 0.15) is 33.4 Å². The van der Waals surface area contributed by atoms with Crippen molar-refractivity contribution < 1.29 is 0 Å². The minimum atomic E-state index is 0.588. The van der Waals surface area contributed by atoms with Gasteiger partial charge in [-0.25, -0.2) is 0 Å². The van der Waals surface area contributed by atoms with Crippen molar-refractivity contribution in [2.24, 2.45) is 0 Å². The Morgan fingerprint density at radius 2 is 0.570 bits per heavy atom. The van der Waals surface area contributed by atoms with E-state index in [4.69, 9.17) is 0 Å². The lowest BCUT2D eigenvalue weighted by atomic mass is 9.91. The molecule has 470 valence electrons. The highest BCUT2D eigenvalue weighted by Gasteiger charge is 2.24. The molecule has 0 N–H and O–H groups in total. The molecule has 100 heavy (non-hydrogen) atoms. The molecular weight excluding hydrogens is 1210 g/mol. The molecular formula is C94H64N6. The Morgan fingerprint density at radius 1 is 0.230 bits per heavy atom. The molecule has 16 aromatic carbocycles. The lowest BCUT2D eigenvalue weighted by Gasteiger charge is -2.29. The molecule has 16 rings (SSSR count). The first-order valence-electron chi connectivity index (χ1n) is 33.6. The van der Waals surface area contributed by atoms with Crippen LogP contribution in [0.4, 0.5) is 68.2 Å². The molecule has 0 aliphatic carbocycles. The Kier molecular flexibility index (Phi) is 16.8. The molecule has 0 saturated carbocycles. The van der Waals surface area contributed by atoms with Crippen LogP contribution in [-0.4, -0.2) is 0 Å². The van der Waals surface area contributed by atoms with Crippen LogP contribution in [0.5, 0.6) is 0 Å². The second-order valence-corrected chi connectivity index (χ2v) is 24.8. The fourth-order valence-corrected chi connectivity index (χ4v) is 13.7. The molecule has 0 aromatic heterocycles. The van der Waals surface area contributed by atoms with E-state index < -0.39 is 0 Å². The summed E-state index contributed by atoms with van der Waals surface area (Å²) in [5.74, 6) is 0. The summed E-state index contributed by atoms with van der Waals surface area (Å²) in [4.78, 5) is 9.19. The van der Waals surface area contributed by atoms with Crippen molar-refractivity contribution in [3.05, 3.63) is 397 Å². The first-order valence-corrected chi connectivity index (χ1v) is 33.6. The second-order valence-electron chi connectivity index (χ2n) is 24.8. The summed E-state index contributed by atoms with van der Waals surface area (Å²) in [5.41, 5.74) is 22.0. The average molecular weight is 1280 g/mol. The molecule has 0 aliphatic rings. The SMILES string of the molecule is N#Cc1ccc(N(c2ccccc2)c2ccc3ccc4c(N(c5ccccc5)c5ccc(C#N)c(-c6cccc(/C=C/c7ccc(N(c8ccccc8)c8ccc(-c9ccc(N(c%10ccccc%10)c%10ccc(/C=C/c%11ccccc%11)cc%10)cc9)cc8)cc7)c6)c5)ccc5ccc2c3c54)cc1. The van der Waals surface area contributed by atoms with Crippen molar-refractivity contribution in [3.8, 4) is 34.4 Å². The number of anilines is 12. The predicted molar refractivity (Wildman–Crippen MR) is 420 cm³/mol. The number of rotatable bonds is 18. The predicted octanol–water partition coefficient (Wildman–Crippen LogP) is 25.9. The molecule has 0 atom stereocenters. The molecule has 0 aliphatic heterocycles. The van der Waals surface area contributed by atoms with E-state index in [2.05, 4.69) is 371 Å². The van der Waals surface area contributed by atoms with E-state index in [1.165, 1.54) is 16.3 Å². The Balaban J connectivity index is 0.668. The maximum atomic E-state index is 10.8. The summed E-state index contributed by atoms with van der Waals surface area (Å²) in [6, 6.07) is 133. The van der Waals surface area contributed by atoms with Crippen LogP contribution < -0.4 is 19.6 Å². The highest BCUT2D eigenvalue weighted by molar-refractivity contribution is 6.28. The van der Waals surface area contributed by atoms with Gasteiger partial charge >= 0.3 is 0 Å². The molecule has 0 radical (unpaired) electrons. The van der Waals surface area contributed by atoms with Gasteiger partial charge in [-0.3, -0.25) is 0 Å². The van der Waals surface area contributed by atoms with Gasteiger partial charge in [-0.15, -0.1) is 0 Å². The largest absolute Gasteiger partial charge is 0.311 e. The van der Waals surface area contributed by atoms with Gasteiger partial charge in [-0.05, 0) is 218 Å². The first kappa shape index (κ1) is 61.1. The molecule has 0 saturated heterocycles. The molecule has 6 nitrogen and oxygen atoms in total. The zero-order valence-corrected chi connectivity index (χ0v) is 54.6. The summed E-state index contributed by atoms with van der Waals surface area (Å²) in [5, 5.41) is 27.3. The Bertz CT molecular complexity index is 5690. The van der Waals surface area contributed by atoms with Crippen molar-refractivity contribution in [2.45, 2.75) is 0 Å². The van der Waals surface area contributed by atoms with Crippen LogP contribution in [0.3, 0.4) is 0 Å². The second kappa shape index (κ2) is 27.5. The van der Waals surface area contributed by atoms with Gasteiger partial charge in [0.1, 0.15) is 0 Å². The topological polar surface area (TPSA) is 60.5 Å². The summed E-state index contributed by atoms with van der Waals surface area (Å²) in [7, 11) is 0. The summed E-state index contributed by atoms with van der Waals surface area (Å²) >= 11 is 0. The molecule has 0 amide bonds. The van der Waals surface area contributed by atoms with Crippen molar-refractivity contribution in [1.29, 1.82) is 10.5 Å². The van der Waals surface area contributed by atoms with Gasteiger partial charge in [-0.1, -0.05) is 231 Å². The maximum Gasteiger partial charge on any atom is 0.0998 e. The maximum absolute atomic E-state index is 10.8. The van der Waals surface area contributed by atoms with Gasteiger partial charge < -0.3 is 19.6 Å². The quantitative estimate of drug-likeness (QED) is 0.0630. The number of nitrogens with zero attached hydrogens (tertiary/aromatic N) is 6. The Labute approximate surface area is 583 Å². The third kappa shape index (κ3) is 12.4. The number of nitriles is 2. The standard InChI is InChI=1S/C94H64N6/c95-65-71-37-52-86(53-38-71)99(80-25-12-4-13-26-80)91-61-46-74-45-60-89-92(62-47-75-44-59-88(91)93(74)94(75)89)100(81-27-14-5-15-28-81)87-58-43-77(66-96)90(64-87)76-20-16-19-70(63-76)32-31-69-35-50-83(51-36-69)98(79-23-10-3-11-24-79)85-56-41-73(42-57-85)72-39-54-84(55-40-72)97(78-21-8-2-9-22-78)82-48-33-68(34-49-82)30-29-67-17-6-1-7-18-67/h1-64H/b30-29+,32-31+. The summed E-state index contributed by atoms with van der Waals surface area (Å²) in [6.45, 7) is 0. The van der Waals surface area contributed by atoms with Crippen LogP contribution in [-0.2, 0) is 0 Å². The zero-order chi connectivity index (χ0) is 67.1. The van der Waals surface area contributed by atoms with Gasteiger partial charge in [0.2, 0.25) is 0 Å². The number of hydrogen-bond donors (Lipinski definition) is 0. The molecule has 0 heterocycles. The first-order chi connectivity index (χ1) is 49.5. The minimum absolute atomic E-state index is 0.588. The van der Waals surface area contributed by atoms with E-state index in [1.54, 1.807) is 0 Å². The van der Waals surface area contributed by atoms with Gasteiger partial charge in [0.15, 0.2) is 0 Å². The monoisotopic (exact) mass is 1280 g/mol. The van der Waals surface area contributed by atoms with E-state index in [1.807, 2.05) is 48.5 Å². The van der Waals surface area contributed by atoms with E-state index in [0.717, 1.165) is 129 Å². The average Bonchev–Trinajstić information content (AvgIpc) is 0.721. The van der Waals surface area contributed by atoms with E-state index >= 15 is 0 Å². The van der Waals surface area contributed by atoms with E-state index in [0.29, 0.717) is 11.1 Å². The van der Waals surface area contributed by atoms with Crippen molar-refractivity contribution in [3.63, 3.8) is 0 Å². The van der Waals surface area contributed by atoms with Gasteiger partial charge in [0, 0.05) is 73.2 Å². The number of hydrogen-bond acceptors (Lipinski definition) is 6. The van der Waals surface area contributed by atoms with Gasteiger partial charge in [0.05, 0.1) is 34.6 Å². The van der Waals surface area contributed by atoms with Crippen LogP contribution in [0.2, 0.25) is 0 Å². The number of para-hydroxylation sites is 4. The molecule has 0 unspecified atom stereocenters. The smallest absolute Gasteiger partial charge is 0.0998 e. The van der Waals surface area contributed by atoms with Crippen LogP contribution in [0.15, 0.2) is 364 Å². The molecule has 0 bridgehead atoms. The van der Waals surface area contributed by atoms with Crippen LogP contribution in [0.25, 0.3) is 78.9 Å². The fraction of sp³-hybridized carbons (Fsp3) is 0. The van der Waals surface area contributed by atoms with Crippen LogP contribution in [0, 0.1) is 22.7 Å². The fourth-order valence-electron chi connectivity index (χ4n) is 13.7. The van der Waals surface area contributed by atoms with Crippen molar-refractivity contribution >= 4 is 125 Å². The number of benzene rings is 16. The van der Waals surface area contributed by atoms with Crippen LogP contribution >= 0.6 is 0 Å². The third-order valence-electron chi connectivity index (χ3n) is 18.6. The normalized spacial score (nSPS) is 11.3. The van der Waals surface area contributed by atoms with E-state index in [-0.39, 0.29) is 0 Å².